The average molecular weight is 124 g/mol. The van der Waals surface area contributed by atoms with Crippen molar-refractivity contribution in [3.05, 3.63) is 11.6 Å². The van der Waals surface area contributed by atoms with E-state index in [9.17, 15) is 0 Å². The Labute approximate surface area is 58.0 Å². The molecule has 1 aliphatic rings. The highest BCUT2D eigenvalue weighted by Gasteiger charge is 2.15. The van der Waals surface area contributed by atoms with Crippen LogP contribution >= 0.6 is 0 Å². The molecule has 0 saturated heterocycles. The van der Waals surface area contributed by atoms with E-state index >= 15 is 0 Å². The van der Waals surface area contributed by atoms with Crippen LogP contribution in [0.1, 0.15) is 39.5 Å². The van der Waals surface area contributed by atoms with Gasteiger partial charge in [0.2, 0.25) is 0 Å². The lowest BCUT2D eigenvalue weighted by Crippen LogP contribution is -1.87. The average Bonchev–Trinajstić information content (AvgIpc) is 2.34. The summed E-state index contributed by atoms with van der Waals surface area (Å²) in [6.45, 7) is 4.46. The van der Waals surface area contributed by atoms with Crippen molar-refractivity contribution in [2.24, 2.45) is 5.92 Å². The highest BCUT2D eigenvalue weighted by atomic mass is 14.2. The molecule has 1 fully saturated rings. The third-order valence-electron chi connectivity index (χ3n) is 2.41. The molecule has 0 radical (unpaired) electrons. The third kappa shape index (κ3) is 1.57. The molecule has 52 valence electrons. The summed E-state index contributed by atoms with van der Waals surface area (Å²) in [6, 6.07) is 0. The molecule has 0 heterocycles. The molecular formula is C9H16. The zero-order valence-electron chi connectivity index (χ0n) is 6.48. The van der Waals surface area contributed by atoms with Gasteiger partial charge in [-0.25, -0.2) is 0 Å². The van der Waals surface area contributed by atoms with Crippen molar-refractivity contribution >= 4 is 0 Å². The van der Waals surface area contributed by atoms with Crippen molar-refractivity contribution < 1.29 is 0 Å². The summed E-state index contributed by atoms with van der Waals surface area (Å²) >= 11 is 0. The van der Waals surface area contributed by atoms with Gasteiger partial charge in [-0.15, -0.1) is 0 Å². The molecule has 0 heteroatoms. The zero-order valence-corrected chi connectivity index (χ0v) is 6.48. The minimum absolute atomic E-state index is 1.01. The first-order chi connectivity index (χ1) is 4.36. The van der Waals surface area contributed by atoms with Gasteiger partial charge in [0, 0.05) is 0 Å². The smallest absolute Gasteiger partial charge is 0.0292 e. The van der Waals surface area contributed by atoms with E-state index in [4.69, 9.17) is 0 Å². The van der Waals surface area contributed by atoms with Crippen LogP contribution < -0.4 is 0 Å². The minimum Gasteiger partial charge on any atom is -0.0884 e. The molecule has 0 aromatic carbocycles. The minimum atomic E-state index is 1.01. The lowest BCUT2D eigenvalue weighted by molar-refractivity contribution is 0.537. The van der Waals surface area contributed by atoms with Gasteiger partial charge < -0.3 is 0 Å². The van der Waals surface area contributed by atoms with Crippen LogP contribution in [0.4, 0.5) is 0 Å². The second-order valence-corrected chi connectivity index (χ2v) is 2.96. The molecule has 1 atom stereocenters. The molecule has 1 saturated carbocycles. The van der Waals surface area contributed by atoms with Gasteiger partial charge >= 0.3 is 0 Å². The molecule has 1 rings (SSSR count). The molecule has 0 aromatic rings. The van der Waals surface area contributed by atoms with Crippen molar-refractivity contribution in [2.75, 3.05) is 0 Å². The normalized spacial score (nSPS) is 31.8. The van der Waals surface area contributed by atoms with Crippen molar-refractivity contribution in [2.45, 2.75) is 39.5 Å². The number of hydrogen-bond donors (Lipinski definition) is 0. The molecule has 0 aliphatic heterocycles. The Kier molecular flexibility index (Phi) is 2.32. The predicted octanol–water partition coefficient (Wildman–Crippen LogP) is 3.14. The highest BCUT2D eigenvalue weighted by molar-refractivity contribution is 5.06. The Bertz CT molecular complexity index is 111. The van der Waals surface area contributed by atoms with Gasteiger partial charge in [0.15, 0.2) is 0 Å². The van der Waals surface area contributed by atoms with Crippen LogP contribution in [-0.2, 0) is 0 Å². The van der Waals surface area contributed by atoms with E-state index in [0.717, 1.165) is 5.92 Å². The van der Waals surface area contributed by atoms with Crippen LogP contribution in [0.2, 0.25) is 0 Å². The largest absolute Gasteiger partial charge is 0.0884 e. The molecule has 0 amide bonds. The van der Waals surface area contributed by atoms with Gasteiger partial charge in [0.1, 0.15) is 0 Å². The van der Waals surface area contributed by atoms with Crippen LogP contribution in [0.3, 0.4) is 0 Å². The standard InChI is InChI=1S/C9H16/c1-3-8-5-6-9(4-2)7-8/h3,9H,4-7H2,1-2H3/b8-3+. The third-order valence-corrected chi connectivity index (χ3v) is 2.41. The maximum Gasteiger partial charge on any atom is -0.0292 e. The van der Waals surface area contributed by atoms with Gasteiger partial charge in [-0.1, -0.05) is 25.0 Å². The summed E-state index contributed by atoms with van der Waals surface area (Å²) in [5.74, 6) is 1.01. The number of hydrogen-bond acceptors (Lipinski definition) is 0. The summed E-state index contributed by atoms with van der Waals surface area (Å²) < 4.78 is 0. The van der Waals surface area contributed by atoms with Gasteiger partial charge in [-0.3, -0.25) is 0 Å². The Morgan fingerprint density at radius 1 is 1.67 bits per heavy atom. The van der Waals surface area contributed by atoms with Gasteiger partial charge in [0.05, 0.1) is 0 Å². The summed E-state index contributed by atoms with van der Waals surface area (Å²) in [4.78, 5) is 0. The van der Waals surface area contributed by atoms with Crippen LogP contribution in [0, 0.1) is 5.92 Å². The van der Waals surface area contributed by atoms with E-state index in [1.807, 2.05) is 0 Å². The predicted molar refractivity (Wildman–Crippen MR) is 41.4 cm³/mol. The van der Waals surface area contributed by atoms with Crippen LogP contribution in [0.15, 0.2) is 11.6 Å². The Hall–Kier alpha value is -0.260. The van der Waals surface area contributed by atoms with E-state index < -0.39 is 0 Å². The van der Waals surface area contributed by atoms with Crippen LogP contribution in [0.25, 0.3) is 0 Å². The van der Waals surface area contributed by atoms with E-state index in [1.54, 1.807) is 5.57 Å². The zero-order chi connectivity index (χ0) is 6.69. The molecule has 0 spiro atoms. The Morgan fingerprint density at radius 2 is 2.44 bits per heavy atom. The molecule has 1 unspecified atom stereocenters. The fourth-order valence-electron chi connectivity index (χ4n) is 1.58. The van der Waals surface area contributed by atoms with Crippen molar-refractivity contribution in [3.63, 3.8) is 0 Å². The Balaban J connectivity index is 2.38. The first-order valence-electron chi connectivity index (χ1n) is 4.00. The second kappa shape index (κ2) is 3.05. The van der Waals surface area contributed by atoms with E-state index in [1.165, 1.54) is 25.7 Å². The monoisotopic (exact) mass is 124 g/mol. The first kappa shape index (κ1) is 6.85. The maximum absolute atomic E-state index is 2.29. The second-order valence-electron chi connectivity index (χ2n) is 2.96. The van der Waals surface area contributed by atoms with Gasteiger partial charge in [-0.2, -0.15) is 0 Å². The maximum atomic E-state index is 2.29. The molecule has 0 aromatic heterocycles. The van der Waals surface area contributed by atoms with Crippen molar-refractivity contribution in [1.29, 1.82) is 0 Å². The molecular weight excluding hydrogens is 108 g/mol. The van der Waals surface area contributed by atoms with Crippen LogP contribution in [-0.4, -0.2) is 0 Å². The molecule has 0 nitrogen and oxygen atoms in total. The van der Waals surface area contributed by atoms with Crippen molar-refractivity contribution in [1.82, 2.24) is 0 Å². The van der Waals surface area contributed by atoms with Gasteiger partial charge in [-0.05, 0) is 32.1 Å². The topological polar surface area (TPSA) is 0 Å². The summed E-state index contributed by atoms with van der Waals surface area (Å²) in [5.41, 5.74) is 1.68. The Morgan fingerprint density at radius 3 is 2.78 bits per heavy atom. The fraction of sp³-hybridized carbons (Fsp3) is 0.778. The number of rotatable bonds is 1. The SMILES string of the molecule is C/C=C1\CCC(CC)C1. The van der Waals surface area contributed by atoms with E-state index in [0.29, 0.717) is 0 Å². The molecule has 1 aliphatic carbocycles. The van der Waals surface area contributed by atoms with E-state index in [-0.39, 0.29) is 0 Å². The summed E-state index contributed by atoms with van der Waals surface area (Å²) in [5, 5.41) is 0. The van der Waals surface area contributed by atoms with Gasteiger partial charge in [0.25, 0.3) is 0 Å². The fourth-order valence-corrected chi connectivity index (χ4v) is 1.58. The quantitative estimate of drug-likeness (QED) is 0.471. The summed E-state index contributed by atoms with van der Waals surface area (Å²) in [7, 11) is 0. The highest BCUT2D eigenvalue weighted by Crippen LogP contribution is 2.31. The molecule has 0 bridgehead atoms. The molecule has 0 N–H and O–H groups in total. The lowest BCUT2D eigenvalue weighted by atomic mass is 10.1. The lowest BCUT2D eigenvalue weighted by Gasteiger charge is -2.00. The van der Waals surface area contributed by atoms with E-state index in [2.05, 4.69) is 19.9 Å². The molecule has 9 heavy (non-hydrogen) atoms. The summed E-state index contributed by atoms with van der Waals surface area (Å²) in [6.07, 6.45) is 7.85. The first-order valence-corrected chi connectivity index (χ1v) is 4.00. The van der Waals surface area contributed by atoms with Crippen LogP contribution in [0.5, 0.6) is 0 Å². The van der Waals surface area contributed by atoms with Crippen molar-refractivity contribution in [3.8, 4) is 0 Å². The number of allylic oxidation sites excluding steroid dienone is 2.